The molecule has 1 saturated carbocycles. The Morgan fingerprint density at radius 1 is 1.32 bits per heavy atom. The van der Waals surface area contributed by atoms with Gasteiger partial charge in [0.1, 0.15) is 5.82 Å². The normalized spacial score (nSPS) is 20.7. The number of amides is 1. The molecule has 3 aromatic rings. The first kappa shape index (κ1) is 14.6. The molecule has 4 nitrogen and oxygen atoms in total. The second-order valence-corrected chi connectivity index (χ2v) is 7.16. The van der Waals surface area contributed by atoms with Crippen LogP contribution in [-0.4, -0.2) is 26.3 Å². The van der Waals surface area contributed by atoms with Crippen molar-refractivity contribution in [2.75, 3.05) is 0 Å². The van der Waals surface area contributed by atoms with Crippen molar-refractivity contribution in [1.82, 2.24) is 14.9 Å². The van der Waals surface area contributed by atoms with Crippen molar-refractivity contribution in [2.45, 2.75) is 37.8 Å². The molecule has 25 heavy (non-hydrogen) atoms. The number of aromatic amines is 1. The number of pyridine rings is 1. The quantitative estimate of drug-likeness (QED) is 0.737. The van der Waals surface area contributed by atoms with Gasteiger partial charge in [-0.25, -0.2) is 4.39 Å². The number of nitrogens with one attached hydrogen (secondary N) is 1. The van der Waals surface area contributed by atoms with Gasteiger partial charge in [-0.05, 0) is 49.1 Å². The number of fused-ring (bicyclic) bond motifs is 3. The highest BCUT2D eigenvalue weighted by atomic mass is 19.1. The molecule has 0 bridgehead atoms. The monoisotopic (exact) mass is 335 g/mol. The van der Waals surface area contributed by atoms with Crippen molar-refractivity contribution in [1.29, 1.82) is 0 Å². The van der Waals surface area contributed by atoms with E-state index in [0.717, 1.165) is 41.6 Å². The lowest BCUT2D eigenvalue weighted by atomic mass is 9.87. The third-order valence-corrected chi connectivity index (χ3v) is 5.57. The molecule has 5 heteroatoms. The van der Waals surface area contributed by atoms with Crippen LogP contribution >= 0.6 is 0 Å². The van der Waals surface area contributed by atoms with E-state index in [2.05, 4.69) is 9.97 Å². The van der Waals surface area contributed by atoms with Crippen molar-refractivity contribution in [2.24, 2.45) is 0 Å². The number of rotatable bonds is 1. The third-order valence-electron chi connectivity index (χ3n) is 5.57. The minimum atomic E-state index is -0.298. The van der Waals surface area contributed by atoms with Gasteiger partial charge in [-0.2, -0.15) is 0 Å². The molecule has 1 fully saturated rings. The van der Waals surface area contributed by atoms with Crippen molar-refractivity contribution in [3.05, 3.63) is 65.2 Å². The van der Waals surface area contributed by atoms with E-state index in [9.17, 15) is 9.18 Å². The molecular weight excluding hydrogens is 317 g/mol. The van der Waals surface area contributed by atoms with E-state index in [1.807, 2.05) is 23.1 Å². The van der Waals surface area contributed by atoms with Gasteiger partial charge in [0.25, 0.3) is 0 Å². The predicted molar refractivity (Wildman–Crippen MR) is 92.5 cm³/mol. The summed E-state index contributed by atoms with van der Waals surface area (Å²) in [5.41, 5.74) is 4.71. The Bertz CT molecular complexity index is 1010. The summed E-state index contributed by atoms with van der Waals surface area (Å²) >= 11 is 0. The van der Waals surface area contributed by atoms with Crippen LogP contribution in [0.25, 0.3) is 11.0 Å². The molecular formula is C20H18FN3O. The standard InChI is InChI=1S/C20H18FN3O/c1-12(25)24-19(13-4-2-5-14(21)10-13)18-15(11-20(24)7-8-20)17-16(23-18)6-3-9-22-17/h2-6,9-10,19,23H,7-8,11H2,1H3. The summed E-state index contributed by atoms with van der Waals surface area (Å²) in [5, 5.41) is 0. The summed E-state index contributed by atoms with van der Waals surface area (Å²) in [4.78, 5) is 22.5. The van der Waals surface area contributed by atoms with Gasteiger partial charge in [-0.15, -0.1) is 0 Å². The minimum absolute atomic E-state index is 0.0315. The Labute approximate surface area is 144 Å². The molecule has 1 atom stereocenters. The molecule has 1 aliphatic carbocycles. The fraction of sp³-hybridized carbons (Fsp3) is 0.300. The second-order valence-electron chi connectivity index (χ2n) is 7.16. The molecule has 2 aliphatic rings. The predicted octanol–water partition coefficient (Wildman–Crippen LogP) is 3.73. The van der Waals surface area contributed by atoms with Crippen LogP contribution in [0.5, 0.6) is 0 Å². The maximum atomic E-state index is 13.9. The van der Waals surface area contributed by atoms with E-state index >= 15 is 0 Å². The SMILES string of the molecule is CC(=O)N1C(c2cccc(F)c2)c2[nH]c3cccnc3c2CC12CC2. The minimum Gasteiger partial charge on any atom is -0.355 e. The van der Waals surface area contributed by atoms with E-state index in [-0.39, 0.29) is 23.3 Å². The van der Waals surface area contributed by atoms with Gasteiger partial charge in [0.05, 0.1) is 17.1 Å². The van der Waals surface area contributed by atoms with Gasteiger partial charge < -0.3 is 9.88 Å². The van der Waals surface area contributed by atoms with Crippen molar-refractivity contribution >= 4 is 16.9 Å². The first-order valence-corrected chi connectivity index (χ1v) is 8.60. The Hall–Kier alpha value is -2.69. The molecule has 1 N–H and O–H groups in total. The number of halogens is 1. The summed E-state index contributed by atoms with van der Waals surface area (Å²) in [5.74, 6) is -0.253. The Morgan fingerprint density at radius 2 is 2.16 bits per heavy atom. The van der Waals surface area contributed by atoms with Crippen LogP contribution in [0, 0.1) is 5.82 Å². The largest absolute Gasteiger partial charge is 0.355 e. The topological polar surface area (TPSA) is 49.0 Å². The zero-order valence-electron chi connectivity index (χ0n) is 13.9. The van der Waals surface area contributed by atoms with E-state index in [1.165, 1.54) is 17.7 Å². The fourth-order valence-electron chi connectivity index (χ4n) is 4.39. The first-order valence-electron chi connectivity index (χ1n) is 8.60. The van der Waals surface area contributed by atoms with Crippen LogP contribution in [0.2, 0.25) is 0 Å². The fourth-order valence-corrected chi connectivity index (χ4v) is 4.39. The molecule has 3 heterocycles. The van der Waals surface area contributed by atoms with E-state index in [4.69, 9.17) is 0 Å². The average Bonchev–Trinajstić information content (AvgIpc) is 3.25. The molecule has 1 aliphatic heterocycles. The zero-order chi connectivity index (χ0) is 17.2. The van der Waals surface area contributed by atoms with Crippen LogP contribution in [0.3, 0.4) is 0 Å². The molecule has 1 amide bonds. The van der Waals surface area contributed by atoms with Crippen LogP contribution in [0.4, 0.5) is 4.39 Å². The number of H-pyrrole nitrogens is 1. The molecule has 126 valence electrons. The summed E-state index contributed by atoms with van der Waals surface area (Å²) in [6.07, 6.45) is 4.57. The summed E-state index contributed by atoms with van der Waals surface area (Å²) in [6.45, 7) is 1.61. The van der Waals surface area contributed by atoms with E-state index in [1.54, 1.807) is 19.2 Å². The van der Waals surface area contributed by atoms with Gasteiger partial charge >= 0.3 is 0 Å². The molecule has 2 aromatic heterocycles. The second kappa shape index (κ2) is 4.91. The van der Waals surface area contributed by atoms with Gasteiger partial charge in [-0.3, -0.25) is 9.78 Å². The molecule has 1 aromatic carbocycles. The number of nitrogens with zero attached hydrogens (tertiary/aromatic N) is 2. The number of hydrogen-bond acceptors (Lipinski definition) is 2. The maximum Gasteiger partial charge on any atom is 0.220 e. The van der Waals surface area contributed by atoms with Crippen LogP contribution in [-0.2, 0) is 11.2 Å². The van der Waals surface area contributed by atoms with Crippen molar-refractivity contribution in [3.8, 4) is 0 Å². The summed E-state index contributed by atoms with van der Waals surface area (Å²) in [7, 11) is 0. The van der Waals surface area contributed by atoms with Crippen molar-refractivity contribution < 1.29 is 9.18 Å². The Balaban J connectivity index is 1.80. The lowest BCUT2D eigenvalue weighted by molar-refractivity contribution is -0.134. The highest BCUT2D eigenvalue weighted by Crippen LogP contribution is 2.54. The molecule has 1 spiro atoms. The summed E-state index contributed by atoms with van der Waals surface area (Å²) < 4.78 is 13.9. The third kappa shape index (κ3) is 2.05. The lowest BCUT2D eigenvalue weighted by Crippen LogP contribution is -2.48. The zero-order valence-corrected chi connectivity index (χ0v) is 13.9. The van der Waals surface area contributed by atoms with E-state index < -0.39 is 0 Å². The van der Waals surface area contributed by atoms with Gasteiger partial charge in [-0.1, -0.05) is 12.1 Å². The van der Waals surface area contributed by atoms with E-state index in [0.29, 0.717) is 0 Å². The van der Waals surface area contributed by atoms with Crippen molar-refractivity contribution in [3.63, 3.8) is 0 Å². The number of aromatic nitrogens is 2. The smallest absolute Gasteiger partial charge is 0.220 e. The lowest BCUT2D eigenvalue weighted by Gasteiger charge is -2.42. The number of carbonyl (C=O) groups excluding carboxylic acids is 1. The van der Waals surface area contributed by atoms with Gasteiger partial charge in [0, 0.05) is 29.9 Å². The Morgan fingerprint density at radius 3 is 2.88 bits per heavy atom. The number of benzene rings is 1. The van der Waals surface area contributed by atoms with Crippen LogP contribution in [0.1, 0.15) is 42.6 Å². The number of hydrogen-bond donors (Lipinski definition) is 1. The Kier molecular flexibility index (Phi) is 2.87. The average molecular weight is 335 g/mol. The maximum absolute atomic E-state index is 13.9. The number of carbonyl (C=O) groups is 1. The first-order chi connectivity index (χ1) is 12.1. The van der Waals surface area contributed by atoms with Gasteiger partial charge in [0.2, 0.25) is 5.91 Å². The summed E-state index contributed by atoms with van der Waals surface area (Å²) in [6, 6.07) is 10.2. The molecule has 0 saturated heterocycles. The highest BCUT2D eigenvalue weighted by molar-refractivity contribution is 5.84. The molecule has 0 radical (unpaired) electrons. The molecule has 1 unspecified atom stereocenters. The van der Waals surface area contributed by atoms with Crippen LogP contribution in [0.15, 0.2) is 42.6 Å². The van der Waals surface area contributed by atoms with Gasteiger partial charge in [0.15, 0.2) is 0 Å². The van der Waals surface area contributed by atoms with Crippen LogP contribution < -0.4 is 0 Å². The molecule has 5 rings (SSSR count). The highest BCUT2D eigenvalue weighted by Gasteiger charge is 2.56.